The number of pyridine rings is 2. The van der Waals surface area contributed by atoms with E-state index in [2.05, 4.69) is 107 Å². The van der Waals surface area contributed by atoms with Gasteiger partial charge in [0.1, 0.15) is 34.0 Å². The molecular weight excluding hydrogens is 760 g/mol. The third-order valence-corrected chi connectivity index (χ3v) is 15.8. The number of aromatic nitrogens is 2. The molecule has 0 saturated carbocycles. The predicted molar refractivity (Wildman–Crippen MR) is 245 cm³/mol. The molecule has 8 heteroatoms. The SMILES string of the molecule is O=P12c3cc4oc5c6ccccc6ccc5c4cc3N(c3ccccn3)c3cccc(c31)N(c1ccccn1)c1cc3c(cc12)oc1c2ccccc2c2ccccc2c31. The molecule has 0 amide bonds. The molecule has 1 unspecified atom stereocenters. The van der Waals surface area contributed by atoms with Crippen molar-refractivity contribution in [2.75, 3.05) is 9.80 Å². The van der Waals surface area contributed by atoms with Crippen LogP contribution in [0.5, 0.6) is 0 Å². The molecule has 6 heterocycles. The van der Waals surface area contributed by atoms with E-state index in [-0.39, 0.29) is 0 Å². The van der Waals surface area contributed by atoms with E-state index in [1.54, 1.807) is 6.20 Å². The first-order chi connectivity index (χ1) is 29.6. The summed E-state index contributed by atoms with van der Waals surface area (Å²) in [5.74, 6) is 1.44. The van der Waals surface area contributed by atoms with Gasteiger partial charge in [-0.1, -0.05) is 97.1 Å². The number of hydrogen-bond donors (Lipinski definition) is 0. The smallest absolute Gasteiger partial charge is 0.179 e. The summed E-state index contributed by atoms with van der Waals surface area (Å²) in [5, 5.41) is 12.5. The maximum absolute atomic E-state index is 17.3. The first kappa shape index (κ1) is 32.3. The van der Waals surface area contributed by atoms with Gasteiger partial charge in [-0.3, -0.25) is 9.80 Å². The quantitative estimate of drug-likeness (QED) is 0.128. The van der Waals surface area contributed by atoms with Gasteiger partial charge in [0.15, 0.2) is 7.14 Å². The van der Waals surface area contributed by atoms with Crippen LogP contribution in [-0.4, -0.2) is 9.97 Å². The molecular formula is C52H29N4O3P. The minimum Gasteiger partial charge on any atom is -0.455 e. The number of rotatable bonds is 2. The van der Waals surface area contributed by atoms with Crippen molar-refractivity contribution in [2.24, 2.45) is 0 Å². The molecule has 4 aromatic heterocycles. The summed E-state index contributed by atoms with van der Waals surface area (Å²) in [6.07, 6.45) is 3.61. The number of hydrogen-bond acceptors (Lipinski definition) is 7. The van der Waals surface area contributed by atoms with Crippen molar-refractivity contribution in [1.29, 1.82) is 0 Å². The molecule has 14 rings (SSSR count). The molecule has 0 fully saturated rings. The highest BCUT2D eigenvalue weighted by Gasteiger charge is 2.50. The molecule has 0 aliphatic carbocycles. The van der Waals surface area contributed by atoms with Crippen molar-refractivity contribution in [3.8, 4) is 0 Å². The van der Waals surface area contributed by atoms with E-state index in [1.807, 2.05) is 72.9 Å². The molecule has 1 atom stereocenters. The Hall–Kier alpha value is -7.73. The van der Waals surface area contributed by atoms with Gasteiger partial charge in [-0.05, 0) is 88.3 Å². The number of benzene rings is 8. The second-order valence-corrected chi connectivity index (χ2v) is 18.3. The molecule has 0 spiro atoms. The lowest BCUT2D eigenvalue weighted by Gasteiger charge is -2.43. The summed E-state index contributed by atoms with van der Waals surface area (Å²) in [6.45, 7) is 0. The van der Waals surface area contributed by atoms with E-state index in [9.17, 15) is 0 Å². The molecule has 8 aromatic carbocycles. The van der Waals surface area contributed by atoms with Crippen LogP contribution in [0.4, 0.5) is 34.4 Å². The van der Waals surface area contributed by atoms with Crippen LogP contribution in [0.3, 0.4) is 0 Å². The molecule has 7 nitrogen and oxygen atoms in total. The minimum absolute atomic E-state index is 0.673. The summed E-state index contributed by atoms with van der Waals surface area (Å²) >= 11 is 0. The van der Waals surface area contributed by atoms with Gasteiger partial charge in [0.2, 0.25) is 0 Å². The minimum atomic E-state index is -3.73. The van der Waals surface area contributed by atoms with E-state index in [1.165, 1.54) is 0 Å². The molecule has 0 radical (unpaired) electrons. The Bertz CT molecular complexity index is 3900. The topological polar surface area (TPSA) is 75.6 Å². The highest BCUT2D eigenvalue weighted by atomic mass is 31.2. The Morgan fingerprint density at radius 2 is 0.950 bits per heavy atom. The average Bonchev–Trinajstić information content (AvgIpc) is 3.88. The first-order valence-corrected chi connectivity index (χ1v) is 21.7. The first-order valence-electron chi connectivity index (χ1n) is 20.0. The molecule has 12 aromatic rings. The molecule has 0 N–H and O–H groups in total. The molecule has 0 bridgehead atoms. The lowest BCUT2D eigenvalue weighted by atomic mass is 9.97. The van der Waals surface area contributed by atoms with Crippen LogP contribution in [-0.2, 0) is 4.57 Å². The maximum Gasteiger partial charge on any atom is 0.179 e. The lowest BCUT2D eigenvalue weighted by molar-refractivity contribution is 0.592. The van der Waals surface area contributed by atoms with Gasteiger partial charge < -0.3 is 13.4 Å². The van der Waals surface area contributed by atoms with Crippen molar-refractivity contribution < 1.29 is 13.4 Å². The van der Waals surface area contributed by atoms with Crippen LogP contribution in [0.15, 0.2) is 185 Å². The van der Waals surface area contributed by atoms with E-state index in [0.717, 1.165) is 99.4 Å². The van der Waals surface area contributed by atoms with Gasteiger partial charge in [0.25, 0.3) is 0 Å². The summed E-state index contributed by atoms with van der Waals surface area (Å²) in [7, 11) is -3.73. The van der Waals surface area contributed by atoms with Crippen molar-refractivity contribution in [3.63, 3.8) is 0 Å². The van der Waals surface area contributed by atoms with Gasteiger partial charge in [-0.25, -0.2) is 9.97 Å². The molecule has 2 aliphatic rings. The lowest BCUT2D eigenvalue weighted by Crippen LogP contribution is -2.43. The largest absolute Gasteiger partial charge is 0.455 e. The fourth-order valence-electron chi connectivity index (χ4n) is 10.1. The third kappa shape index (κ3) is 4.02. The van der Waals surface area contributed by atoms with Crippen molar-refractivity contribution >= 4 is 134 Å². The van der Waals surface area contributed by atoms with Crippen LogP contribution in [0.25, 0.3) is 76.2 Å². The molecule has 280 valence electrons. The Kier molecular flexibility index (Phi) is 6.17. The number of nitrogens with zero attached hydrogens (tertiary/aromatic N) is 4. The standard InChI is InChI=1S/C52H29N4O3P/c57-60-45-28-43-37(36-23-22-30-12-1-2-13-31(30)50(36)58-43)26-41(45)55(47-20-7-9-24-53-47)39-18-11-19-40(52(39)60)56(48-21-8-10-25-54-48)42-27-38-44(29-46(42)60)59-51-35-17-6-4-15-33(35)32-14-3-5-16-34(32)49(38)51/h1-29H. The number of furan rings is 2. The predicted octanol–water partition coefficient (Wildman–Crippen LogP) is 12.9. The summed E-state index contributed by atoms with van der Waals surface area (Å²) < 4.78 is 31.1. The molecule has 0 saturated heterocycles. The zero-order valence-electron chi connectivity index (χ0n) is 31.7. The van der Waals surface area contributed by atoms with Gasteiger partial charge in [0, 0.05) is 55.3 Å². The fourth-order valence-corrected chi connectivity index (χ4v) is 13.4. The number of fused-ring (bicyclic) bond motifs is 17. The number of anilines is 6. The Morgan fingerprint density at radius 3 is 1.62 bits per heavy atom. The Labute approximate surface area is 341 Å². The Morgan fingerprint density at radius 1 is 0.417 bits per heavy atom. The van der Waals surface area contributed by atoms with Crippen LogP contribution in [0, 0.1) is 0 Å². The maximum atomic E-state index is 17.3. The van der Waals surface area contributed by atoms with E-state index in [0.29, 0.717) is 27.1 Å². The normalized spacial score (nSPS) is 15.7. The van der Waals surface area contributed by atoms with Crippen LogP contribution in [0.2, 0.25) is 0 Å². The molecule has 60 heavy (non-hydrogen) atoms. The van der Waals surface area contributed by atoms with Crippen molar-refractivity contribution in [1.82, 2.24) is 9.97 Å². The van der Waals surface area contributed by atoms with E-state index in [4.69, 9.17) is 18.8 Å². The summed E-state index contributed by atoms with van der Waals surface area (Å²) in [5.41, 5.74) is 6.15. The molecule has 2 aliphatic heterocycles. The monoisotopic (exact) mass is 788 g/mol. The summed E-state index contributed by atoms with van der Waals surface area (Å²) in [6, 6.07) is 55.9. The van der Waals surface area contributed by atoms with Gasteiger partial charge in [0.05, 0.1) is 28.1 Å². The average molecular weight is 789 g/mol. The second kappa shape index (κ2) is 11.5. The third-order valence-electron chi connectivity index (χ3n) is 12.6. The van der Waals surface area contributed by atoms with Gasteiger partial charge in [-0.15, -0.1) is 0 Å². The highest BCUT2D eigenvalue weighted by Crippen LogP contribution is 2.62. The van der Waals surface area contributed by atoms with Crippen LogP contribution in [0.1, 0.15) is 0 Å². The van der Waals surface area contributed by atoms with E-state index >= 15 is 4.57 Å². The zero-order valence-corrected chi connectivity index (χ0v) is 32.6. The van der Waals surface area contributed by atoms with Crippen molar-refractivity contribution in [2.45, 2.75) is 0 Å². The van der Waals surface area contributed by atoms with Crippen LogP contribution < -0.4 is 25.7 Å². The van der Waals surface area contributed by atoms with Crippen LogP contribution >= 0.6 is 7.14 Å². The highest BCUT2D eigenvalue weighted by molar-refractivity contribution is 7.86. The van der Waals surface area contributed by atoms with Gasteiger partial charge in [-0.2, -0.15) is 0 Å². The van der Waals surface area contributed by atoms with Gasteiger partial charge >= 0.3 is 0 Å². The fraction of sp³-hybridized carbons (Fsp3) is 0. The summed E-state index contributed by atoms with van der Waals surface area (Å²) in [4.78, 5) is 14.1. The second-order valence-electron chi connectivity index (χ2n) is 15.6. The Balaban J connectivity index is 1.15. The zero-order chi connectivity index (χ0) is 39.3. The van der Waals surface area contributed by atoms with Crippen molar-refractivity contribution in [3.05, 3.63) is 176 Å². The van der Waals surface area contributed by atoms with E-state index < -0.39 is 7.14 Å².